The van der Waals surface area contributed by atoms with Crippen molar-refractivity contribution in [3.63, 3.8) is 0 Å². The average Bonchev–Trinajstić information content (AvgIpc) is 1.83. The van der Waals surface area contributed by atoms with Crippen LogP contribution in [0.25, 0.3) is 0 Å². The number of hydrogen-bond donors (Lipinski definition) is 1. The van der Waals surface area contributed by atoms with E-state index in [2.05, 4.69) is 0 Å². The van der Waals surface area contributed by atoms with Gasteiger partial charge in [0.05, 0.1) is 5.60 Å². The molecule has 1 unspecified atom stereocenters. The molecule has 0 radical (unpaired) electrons. The van der Waals surface area contributed by atoms with Crippen molar-refractivity contribution < 1.29 is 9.90 Å². The van der Waals surface area contributed by atoms with Gasteiger partial charge < -0.3 is 5.11 Å². The number of ketones is 1. The summed E-state index contributed by atoms with van der Waals surface area (Å²) in [4.78, 5) is 11.0. The normalized spacial score (nSPS) is 25.5. The maximum atomic E-state index is 11.0. The minimum atomic E-state index is -0.693. The molecule has 0 aromatic heterocycles. The average molecular weight is 168 g/mol. The second-order valence-corrected chi connectivity index (χ2v) is 4.10. The third kappa shape index (κ3) is 1.95. The molecule has 0 amide bonds. The first-order chi connectivity index (χ1) is 5.41. The van der Waals surface area contributed by atoms with Gasteiger partial charge in [-0.15, -0.1) is 0 Å². The summed E-state index contributed by atoms with van der Waals surface area (Å²) in [6, 6.07) is 0. The van der Waals surface area contributed by atoms with Gasteiger partial charge in [-0.2, -0.15) is 0 Å². The largest absolute Gasteiger partial charge is 0.390 e. The van der Waals surface area contributed by atoms with E-state index in [1.54, 1.807) is 19.9 Å². The van der Waals surface area contributed by atoms with Crippen LogP contribution in [0.4, 0.5) is 0 Å². The first kappa shape index (κ1) is 9.46. The number of aliphatic hydroxyl groups is 1. The molecular weight excluding hydrogens is 152 g/mol. The van der Waals surface area contributed by atoms with E-state index in [1.807, 2.05) is 6.92 Å². The van der Waals surface area contributed by atoms with Gasteiger partial charge in [0, 0.05) is 12.3 Å². The highest BCUT2D eigenvalue weighted by Gasteiger charge is 2.30. The lowest BCUT2D eigenvalue weighted by Gasteiger charge is -2.32. The quantitative estimate of drug-likeness (QED) is 0.646. The summed E-state index contributed by atoms with van der Waals surface area (Å²) >= 11 is 0. The van der Waals surface area contributed by atoms with Gasteiger partial charge in [0.15, 0.2) is 5.78 Å². The van der Waals surface area contributed by atoms with Crippen molar-refractivity contribution >= 4 is 5.78 Å². The molecule has 1 rings (SSSR count). The minimum Gasteiger partial charge on any atom is -0.390 e. The Morgan fingerprint density at radius 1 is 1.58 bits per heavy atom. The van der Waals surface area contributed by atoms with E-state index in [9.17, 15) is 9.90 Å². The van der Waals surface area contributed by atoms with Crippen molar-refractivity contribution in [1.29, 1.82) is 0 Å². The fraction of sp³-hybridized carbons (Fsp3) is 0.700. The SMILES string of the molecule is CC1=CC(=O)CCC1C(C)(C)O. The van der Waals surface area contributed by atoms with E-state index in [0.29, 0.717) is 6.42 Å². The van der Waals surface area contributed by atoms with Crippen molar-refractivity contribution in [2.24, 2.45) is 5.92 Å². The third-order valence-electron chi connectivity index (χ3n) is 2.47. The molecule has 0 spiro atoms. The maximum absolute atomic E-state index is 11.0. The highest BCUT2D eigenvalue weighted by molar-refractivity contribution is 5.91. The van der Waals surface area contributed by atoms with Crippen LogP contribution in [-0.4, -0.2) is 16.5 Å². The summed E-state index contributed by atoms with van der Waals surface area (Å²) in [6.07, 6.45) is 3.02. The Labute approximate surface area is 73.3 Å². The smallest absolute Gasteiger partial charge is 0.155 e. The molecule has 0 aromatic rings. The first-order valence-corrected chi connectivity index (χ1v) is 4.34. The van der Waals surface area contributed by atoms with Crippen LogP contribution in [-0.2, 0) is 4.79 Å². The van der Waals surface area contributed by atoms with E-state index in [-0.39, 0.29) is 11.7 Å². The number of carbonyl (C=O) groups excluding carboxylic acids is 1. The molecule has 0 saturated carbocycles. The molecule has 1 N–H and O–H groups in total. The molecule has 0 aromatic carbocycles. The van der Waals surface area contributed by atoms with E-state index in [4.69, 9.17) is 0 Å². The summed E-state index contributed by atoms with van der Waals surface area (Å²) in [5, 5.41) is 9.75. The Hall–Kier alpha value is -0.630. The van der Waals surface area contributed by atoms with Gasteiger partial charge in [0.25, 0.3) is 0 Å². The number of hydrogen-bond acceptors (Lipinski definition) is 2. The van der Waals surface area contributed by atoms with Crippen LogP contribution in [0.15, 0.2) is 11.6 Å². The predicted octanol–water partition coefficient (Wildman–Crippen LogP) is 1.68. The van der Waals surface area contributed by atoms with Crippen molar-refractivity contribution in [3.05, 3.63) is 11.6 Å². The molecule has 0 aliphatic heterocycles. The standard InChI is InChI=1S/C10H16O2/c1-7-6-8(11)4-5-9(7)10(2,3)12/h6,9,12H,4-5H2,1-3H3. The van der Waals surface area contributed by atoms with Gasteiger partial charge in [-0.3, -0.25) is 4.79 Å². The van der Waals surface area contributed by atoms with Crippen molar-refractivity contribution in [1.82, 2.24) is 0 Å². The Kier molecular flexibility index (Phi) is 2.38. The Balaban J connectivity index is 2.83. The molecule has 2 nitrogen and oxygen atoms in total. The van der Waals surface area contributed by atoms with Crippen LogP contribution < -0.4 is 0 Å². The highest BCUT2D eigenvalue weighted by atomic mass is 16.3. The molecule has 0 heterocycles. The fourth-order valence-electron chi connectivity index (χ4n) is 1.85. The van der Waals surface area contributed by atoms with Gasteiger partial charge in [0.1, 0.15) is 0 Å². The van der Waals surface area contributed by atoms with Crippen LogP contribution in [0.3, 0.4) is 0 Å². The second-order valence-electron chi connectivity index (χ2n) is 4.10. The Morgan fingerprint density at radius 3 is 2.58 bits per heavy atom. The zero-order valence-corrected chi connectivity index (χ0v) is 7.92. The van der Waals surface area contributed by atoms with Crippen molar-refractivity contribution in [3.8, 4) is 0 Å². The maximum Gasteiger partial charge on any atom is 0.155 e. The Morgan fingerprint density at radius 2 is 2.17 bits per heavy atom. The molecule has 68 valence electrons. The zero-order chi connectivity index (χ0) is 9.35. The summed E-state index contributed by atoms with van der Waals surface area (Å²) < 4.78 is 0. The number of allylic oxidation sites excluding steroid dienone is 1. The molecule has 1 atom stereocenters. The minimum absolute atomic E-state index is 0.148. The van der Waals surface area contributed by atoms with E-state index < -0.39 is 5.60 Å². The van der Waals surface area contributed by atoms with E-state index in [1.165, 1.54) is 0 Å². The topological polar surface area (TPSA) is 37.3 Å². The van der Waals surface area contributed by atoms with Crippen molar-refractivity contribution in [2.45, 2.75) is 39.2 Å². The molecule has 12 heavy (non-hydrogen) atoms. The van der Waals surface area contributed by atoms with Gasteiger partial charge in [-0.05, 0) is 33.3 Å². The number of rotatable bonds is 1. The van der Waals surface area contributed by atoms with Crippen LogP contribution in [0.2, 0.25) is 0 Å². The molecule has 1 aliphatic rings. The van der Waals surface area contributed by atoms with Gasteiger partial charge in [0.2, 0.25) is 0 Å². The fourth-order valence-corrected chi connectivity index (χ4v) is 1.85. The molecular formula is C10H16O2. The molecule has 0 fully saturated rings. The molecule has 1 aliphatic carbocycles. The lowest BCUT2D eigenvalue weighted by molar-refractivity contribution is -0.115. The highest BCUT2D eigenvalue weighted by Crippen LogP contribution is 2.31. The van der Waals surface area contributed by atoms with Crippen LogP contribution in [0.5, 0.6) is 0 Å². The molecule has 2 heteroatoms. The van der Waals surface area contributed by atoms with E-state index in [0.717, 1.165) is 12.0 Å². The lowest BCUT2D eigenvalue weighted by atomic mass is 9.78. The zero-order valence-electron chi connectivity index (χ0n) is 7.92. The predicted molar refractivity (Wildman–Crippen MR) is 47.8 cm³/mol. The van der Waals surface area contributed by atoms with Crippen molar-refractivity contribution in [2.75, 3.05) is 0 Å². The first-order valence-electron chi connectivity index (χ1n) is 4.34. The van der Waals surface area contributed by atoms with Crippen LogP contribution >= 0.6 is 0 Å². The summed E-state index contributed by atoms with van der Waals surface area (Å²) in [5.41, 5.74) is 0.320. The van der Waals surface area contributed by atoms with Crippen LogP contribution in [0.1, 0.15) is 33.6 Å². The molecule has 0 saturated heterocycles. The monoisotopic (exact) mass is 168 g/mol. The van der Waals surface area contributed by atoms with E-state index >= 15 is 0 Å². The second kappa shape index (κ2) is 3.02. The summed E-state index contributed by atoms with van der Waals surface area (Å²) in [7, 11) is 0. The third-order valence-corrected chi connectivity index (χ3v) is 2.47. The van der Waals surface area contributed by atoms with Gasteiger partial charge in [-0.25, -0.2) is 0 Å². The van der Waals surface area contributed by atoms with Gasteiger partial charge >= 0.3 is 0 Å². The lowest BCUT2D eigenvalue weighted by Crippen LogP contribution is -2.34. The molecule has 0 bridgehead atoms. The summed E-state index contributed by atoms with van der Waals surface area (Å²) in [5.74, 6) is 0.336. The number of carbonyl (C=O) groups is 1. The van der Waals surface area contributed by atoms with Crippen LogP contribution in [0, 0.1) is 5.92 Å². The summed E-state index contributed by atoms with van der Waals surface area (Å²) in [6.45, 7) is 5.51. The van der Waals surface area contributed by atoms with Gasteiger partial charge in [-0.1, -0.05) is 5.57 Å². The Bertz CT molecular complexity index is 220.